The van der Waals surface area contributed by atoms with Gasteiger partial charge in [0, 0.05) is 17.0 Å². The van der Waals surface area contributed by atoms with Crippen molar-refractivity contribution in [2.45, 2.75) is 6.42 Å². The van der Waals surface area contributed by atoms with Gasteiger partial charge in [-0.25, -0.2) is 9.97 Å². The van der Waals surface area contributed by atoms with Crippen LogP contribution in [0.15, 0.2) is 79.0 Å². The first kappa shape index (κ1) is 14.4. The molecule has 0 aliphatic heterocycles. The van der Waals surface area contributed by atoms with E-state index in [0.717, 1.165) is 28.7 Å². The van der Waals surface area contributed by atoms with Crippen LogP contribution in [0.1, 0.15) is 11.1 Å². The quantitative estimate of drug-likeness (QED) is 0.323. The normalized spacial score (nSPS) is 12.9. The third-order valence-electron chi connectivity index (χ3n) is 6.06. The lowest BCUT2D eigenvalue weighted by molar-refractivity contribution is 1.24. The molecular weight excluding hydrogens is 342 g/mol. The molecule has 7 rings (SSSR count). The number of rotatable bonds is 0. The van der Waals surface area contributed by atoms with Crippen molar-refractivity contribution < 1.29 is 0 Å². The smallest absolute Gasteiger partial charge is 0.164 e. The van der Waals surface area contributed by atoms with Crippen LogP contribution in [0.3, 0.4) is 0 Å². The van der Waals surface area contributed by atoms with Crippen LogP contribution in [-0.2, 0) is 6.42 Å². The molecule has 0 N–H and O–H groups in total. The van der Waals surface area contributed by atoms with E-state index >= 15 is 0 Å². The molecule has 28 heavy (non-hydrogen) atoms. The van der Waals surface area contributed by atoms with E-state index in [1.165, 1.54) is 38.4 Å². The molecule has 0 saturated heterocycles. The minimum Gasteiger partial charge on any atom is -0.276 e. The minimum atomic E-state index is 0.916. The van der Waals surface area contributed by atoms with E-state index in [1.54, 1.807) is 0 Å². The summed E-state index contributed by atoms with van der Waals surface area (Å²) in [4.78, 5) is 9.60. The molecule has 3 heteroatoms. The van der Waals surface area contributed by atoms with Crippen LogP contribution in [0, 0.1) is 0 Å². The predicted octanol–water partition coefficient (Wildman–Crippen LogP) is 5.76. The van der Waals surface area contributed by atoms with Gasteiger partial charge in [0.15, 0.2) is 5.65 Å². The van der Waals surface area contributed by atoms with Gasteiger partial charge in [-0.1, -0.05) is 48.5 Å². The Hall–Kier alpha value is -3.72. The molecule has 0 bridgehead atoms. The van der Waals surface area contributed by atoms with Crippen molar-refractivity contribution in [3.63, 3.8) is 0 Å². The van der Waals surface area contributed by atoms with Gasteiger partial charge in [-0.05, 0) is 58.3 Å². The highest BCUT2D eigenvalue weighted by Crippen LogP contribution is 2.43. The predicted molar refractivity (Wildman–Crippen MR) is 114 cm³/mol. The van der Waals surface area contributed by atoms with E-state index in [4.69, 9.17) is 4.98 Å². The molecule has 0 amide bonds. The molecule has 130 valence electrons. The first-order chi connectivity index (χ1) is 13.9. The molecule has 1 aliphatic rings. The van der Waals surface area contributed by atoms with Crippen molar-refractivity contribution in [2.24, 2.45) is 0 Å². The topological polar surface area (TPSA) is 30.2 Å². The first-order valence-electron chi connectivity index (χ1n) is 9.58. The molecule has 3 aromatic heterocycles. The van der Waals surface area contributed by atoms with Crippen LogP contribution in [0.25, 0.3) is 49.6 Å². The van der Waals surface area contributed by atoms with Gasteiger partial charge in [-0.2, -0.15) is 0 Å². The van der Waals surface area contributed by atoms with Gasteiger partial charge < -0.3 is 0 Å². The molecule has 6 aromatic rings. The Bertz CT molecular complexity index is 1590. The van der Waals surface area contributed by atoms with Gasteiger partial charge in [0.2, 0.25) is 0 Å². The summed E-state index contributed by atoms with van der Waals surface area (Å²) in [6.45, 7) is 0. The Morgan fingerprint density at radius 3 is 2.61 bits per heavy atom. The first-order valence-corrected chi connectivity index (χ1v) is 9.58. The standard InChI is InChI=1S/C25H15N3/c1-2-7-16-15(6-1)14-20-17(16)11-12-19-23(20)18-8-3-4-10-22(18)28-24(19)27-21-9-5-13-26-25(21)28/h1-13H,14H2. The largest absolute Gasteiger partial charge is 0.276 e. The number of benzene rings is 3. The Morgan fingerprint density at radius 2 is 1.61 bits per heavy atom. The number of pyridine rings is 2. The second kappa shape index (κ2) is 4.96. The molecule has 0 fully saturated rings. The van der Waals surface area contributed by atoms with E-state index in [2.05, 4.69) is 70.0 Å². The second-order valence-corrected chi connectivity index (χ2v) is 7.48. The number of fused-ring (bicyclic) bond motifs is 12. The third kappa shape index (κ3) is 1.65. The van der Waals surface area contributed by atoms with E-state index < -0.39 is 0 Å². The minimum absolute atomic E-state index is 0.916. The summed E-state index contributed by atoms with van der Waals surface area (Å²) < 4.78 is 2.21. The van der Waals surface area contributed by atoms with Crippen molar-refractivity contribution in [1.82, 2.24) is 14.4 Å². The van der Waals surface area contributed by atoms with E-state index in [1.807, 2.05) is 18.3 Å². The second-order valence-electron chi connectivity index (χ2n) is 7.48. The maximum absolute atomic E-state index is 4.97. The summed E-state index contributed by atoms with van der Waals surface area (Å²) >= 11 is 0. The Morgan fingerprint density at radius 1 is 0.714 bits per heavy atom. The summed E-state index contributed by atoms with van der Waals surface area (Å²) in [6.07, 6.45) is 2.82. The number of hydrogen-bond acceptors (Lipinski definition) is 2. The monoisotopic (exact) mass is 357 g/mol. The summed E-state index contributed by atoms with van der Waals surface area (Å²) in [6, 6.07) is 25.9. The fraction of sp³-hybridized carbons (Fsp3) is 0.0400. The fourth-order valence-electron chi connectivity index (χ4n) is 4.91. The zero-order valence-electron chi connectivity index (χ0n) is 15.1. The van der Waals surface area contributed by atoms with Crippen LogP contribution in [0.5, 0.6) is 0 Å². The van der Waals surface area contributed by atoms with Crippen LogP contribution in [0.2, 0.25) is 0 Å². The Labute approximate surface area is 160 Å². The van der Waals surface area contributed by atoms with Gasteiger partial charge in [0.05, 0.1) is 5.52 Å². The number of hydrogen-bond donors (Lipinski definition) is 0. The Balaban J connectivity index is 1.77. The molecule has 1 aliphatic carbocycles. The SMILES string of the molecule is c1ccc2c(c1)Cc1c-2ccc2c1c1ccccc1n1c3ncccc3nc21. The summed E-state index contributed by atoms with van der Waals surface area (Å²) in [5.74, 6) is 0. The molecule has 0 unspecified atom stereocenters. The van der Waals surface area contributed by atoms with Crippen LogP contribution in [-0.4, -0.2) is 14.4 Å². The maximum Gasteiger partial charge on any atom is 0.164 e. The van der Waals surface area contributed by atoms with Crippen LogP contribution < -0.4 is 0 Å². The van der Waals surface area contributed by atoms with Gasteiger partial charge in [-0.15, -0.1) is 0 Å². The average Bonchev–Trinajstić information content (AvgIpc) is 3.32. The zero-order chi connectivity index (χ0) is 18.2. The van der Waals surface area contributed by atoms with Crippen molar-refractivity contribution in [3.05, 3.63) is 90.1 Å². The van der Waals surface area contributed by atoms with Gasteiger partial charge in [0.1, 0.15) is 11.2 Å². The zero-order valence-corrected chi connectivity index (χ0v) is 15.1. The van der Waals surface area contributed by atoms with Crippen molar-refractivity contribution in [3.8, 4) is 11.1 Å². The van der Waals surface area contributed by atoms with Gasteiger partial charge in [-0.3, -0.25) is 4.40 Å². The molecule has 0 spiro atoms. The highest BCUT2D eigenvalue weighted by molar-refractivity contribution is 6.17. The molecule has 0 saturated carbocycles. The number of aromatic nitrogens is 3. The lowest BCUT2D eigenvalue weighted by Crippen LogP contribution is -1.95. The van der Waals surface area contributed by atoms with Crippen molar-refractivity contribution >= 4 is 38.5 Å². The van der Waals surface area contributed by atoms with Crippen molar-refractivity contribution in [2.75, 3.05) is 0 Å². The lowest BCUT2D eigenvalue weighted by atomic mass is 9.96. The molecular formula is C25H15N3. The molecule has 3 heterocycles. The molecule has 0 atom stereocenters. The fourth-order valence-corrected chi connectivity index (χ4v) is 4.91. The third-order valence-corrected chi connectivity index (χ3v) is 6.06. The average molecular weight is 357 g/mol. The number of para-hydroxylation sites is 1. The molecule has 0 radical (unpaired) electrons. The van der Waals surface area contributed by atoms with E-state index in [9.17, 15) is 0 Å². The highest BCUT2D eigenvalue weighted by Gasteiger charge is 2.23. The number of nitrogens with zero attached hydrogens (tertiary/aromatic N) is 3. The van der Waals surface area contributed by atoms with Gasteiger partial charge >= 0.3 is 0 Å². The van der Waals surface area contributed by atoms with E-state index in [0.29, 0.717) is 0 Å². The number of imidazole rings is 1. The molecule has 3 nitrogen and oxygen atoms in total. The highest BCUT2D eigenvalue weighted by atomic mass is 15.1. The van der Waals surface area contributed by atoms with Crippen molar-refractivity contribution in [1.29, 1.82) is 0 Å². The Kier molecular flexibility index (Phi) is 2.54. The van der Waals surface area contributed by atoms with Crippen LogP contribution in [0.4, 0.5) is 0 Å². The summed E-state index contributed by atoms with van der Waals surface area (Å²) in [5.41, 5.74) is 9.53. The van der Waals surface area contributed by atoms with Crippen LogP contribution >= 0.6 is 0 Å². The lowest BCUT2D eigenvalue weighted by Gasteiger charge is -2.12. The summed E-state index contributed by atoms with van der Waals surface area (Å²) in [7, 11) is 0. The maximum atomic E-state index is 4.97. The van der Waals surface area contributed by atoms with E-state index in [-0.39, 0.29) is 0 Å². The summed E-state index contributed by atoms with van der Waals surface area (Å²) in [5, 5.41) is 3.79. The van der Waals surface area contributed by atoms with Gasteiger partial charge in [0.25, 0.3) is 0 Å². The molecule has 3 aromatic carbocycles.